The molecule has 0 heterocycles. The molecule has 0 unspecified atom stereocenters. The summed E-state index contributed by atoms with van der Waals surface area (Å²) < 4.78 is 25.0. The largest absolute Gasteiger partial charge is 0.355 e. The highest BCUT2D eigenvalue weighted by Crippen LogP contribution is 2.04. The van der Waals surface area contributed by atoms with E-state index in [1.165, 1.54) is 4.31 Å². The van der Waals surface area contributed by atoms with Crippen LogP contribution in [0.4, 0.5) is 0 Å². The number of hydrogen-bond donors (Lipinski definition) is 1. The lowest BCUT2D eigenvalue weighted by Gasteiger charge is -2.20. The van der Waals surface area contributed by atoms with E-state index in [0.717, 1.165) is 6.42 Å². The first-order valence-corrected chi connectivity index (χ1v) is 7.83. The molecule has 5 nitrogen and oxygen atoms in total. The van der Waals surface area contributed by atoms with Gasteiger partial charge in [0, 0.05) is 13.1 Å². The fourth-order valence-electron chi connectivity index (χ4n) is 1.43. The summed E-state index contributed by atoms with van der Waals surface area (Å²) in [6.45, 7) is 6.61. The molecular weight excluding hydrogens is 240 g/mol. The molecular formula is C11H24N2O3S. The van der Waals surface area contributed by atoms with E-state index in [9.17, 15) is 13.2 Å². The van der Waals surface area contributed by atoms with Crippen molar-refractivity contribution < 1.29 is 13.2 Å². The Morgan fingerprint density at radius 3 is 2.24 bits per heavy atom. The van der Waals surface area contributed by atoms with Crippen LogP contribution in [0.2, 0.25) is 0 Å². The first kappa shape index (κ1) is 16.4. The summed E-state index contributed by atoms with van der Waals surface area (Å²) in [6, 6.07) is 0. The Morgan fingerprint density at radius 1 is 1.12 bits per heavy atom. The summed E-state index contributed by atoms with van der Waals surface area (Å²) in [5.74, 6) is -0.117. The van der Waals surface area contributed by atoms with Crippen LogP contribution in [-0.2, 0) is 14.8 Å². The van der Waals surface area contributed by atoms with Crippen molar-refractivity contribution in [3.05, 3.63) is 0 Å². The van der Waals surface area contributed by atoms with E-state index in [0.29, 0.717) is 25.9 Å². The Labute approximate surface area is 105 Å². The Morgan fingerprint density at radius 2 is 1.76 bits per heavy atom. The minimum atomic E-state index is -3.28. The standard InChI is InChI=1S/C11H24N2O3S/c1-4-7-12-11(14)10-13(8-5-2)17(15,16)9-6-3/h4-10H2,1-3H3,(H,12,14). The van der Waals surface area contributed by atoms with Crippen LogP contribution in [0, 0.1) is 0 Å². The predicted molar refractivity (Wildman–Crippen MR) is 69.2 cm³/mol. The molecule has 0 aromatic rings. The Balaban J connectivity index is 4.47. The van der Waals surface area contributed by atoms with Crippen LogP contribution >= 0.6 is 0 Å². The molecule has 0 atom stereocenters. The highest BCUT2D eigenvalue weighted by Gasteiger charge is 2.22. The van der Waals surface area contributed by atoms with Gasteiger partial charge in [-0.3, -0.25) is 4.79 Å². The third kappa shape index (κ3) is 6.63. The molecule has 0 saturated heterocycles. The predicted octanol–water partition coefficient (Wildman–Crippen LogP) is 0.964. The van der Waals surface area contributed by atoms with Crippen LogP contribution in [0.25, 0.3) is 0 Å². The second-order valence-corrected chi connectivity index (χ2v) is 6.09. The molecule has 0 bridgehead atoms. The maximum atomic E-state index is 11.9. The van der Waals surface area contributed by atoms with Gasteiger partial charge < -0.3 is 5.32 Å². The van der Waals surface area contributed by atoms with E-state index in [-0.39, 0.29) is 18.2 Å². The first-order valence-electron chi connectivity index (χ1n) is 6.22. The number of sulfonamides is 1. The second kappa shape index (κ2) is 8.47. The molecule has 102 valence electrons. The fraction of sp³-hybridized carbons (Fsp3) is 0.909. The van der Waals surface area contributed by atoms with Gasteiger partial charge >= 0.3 is 0 Å². The van der Waals surface area contributed by atoms with Gasteiger partial charge in [-0.2, -0.15) is 4.31 Å². The van der Waals surface area contributed by atoms with Crippen molar-refractivity contribution in [3.8, 4) is 0 Å². The molecule has 0 aliphatic carbocycles. The molecule has 0 spiro atoms. The van der Waals surface area contributed by atoms with E-state index < -0.39 is 10.0 Å². The number of nitrogens with one attached hydrogen (secondary N) is 1. The van der Waals surface area contributed by atoms with E-state index >= 15 is 0 Å². The second-order valence-electron chi connectivity index (χ2n) is 4.00. The van der Waals surface area contributed by atoms with Crippen molar-refractivity contribution >= 4 is 15.9 Å². The zero-order valence-electron chi connectivity index (χ0n) is 11.0. The molecule has 0 radical (unpaired) electrons. The summed E-state index contributed by atoms with van der Waals surface area (Å²) in [5.41, 5.74) is 0. The normalized spacial score (nSPS) is 11.8. The molecule has 0 fully saturated rings. The minimum absolute atomic E-state index is 0.0594. The third-order valence-corrected chi connectivity index (χ3v) is 4.24. The fourth-order valence-corrected chi connectivity index (χ4v) is 2.98. The third-order valence-electron chi connectivity index (χ3n) is 2.22. The zero-order chi connectivity index (χ0) is 13.3. The average molecular weight is 264 g/mol. The van der Waals surface area contributed by atoms with Crippen LogP contribution < -0.4 is 5.32 Å². The quantitative estimate of drug-likeness (QED) is 0.674. The van der Waals surface area contributed by atoms with Crippen molar-refractivity contribution in [1.29, 1.82) is 0 Å². The first-order chi connectivity index (χ1) is 7.97. The molecule has 0 saturated carbocycles. The molecule has 1 N–H and O–H groups in total. The molecule has 6 heteroatoms. The maximum absolute atomic E-state index is 11.9. The SMILES string of the molecule is CCCNC(=O)CN(CCC)S(=O)(=O)CCC. The maximum Gasteiger partial charge on any atom is 0.235 e. The minimum Gasteiger partial charge on any atom is -0.355 e. The van der Waals surface area contributed by atoms with Gasteiger partial charge in [0.05, 0.1) is 12.3 Å². The van der Waals surface area contributed by atoms with E-state index in [1.807, 2.05) is 20.8 Å². The summed E-state index contributed by atoms with van der Waals surface area (Å²) in [6.07, 6.45) is 2.13. The van der Waals surface area contributed by atoms with E-state index in [4.69, 9.17) is 0 Å². The van der Waals surface area contributed by atoms with Gasteiger partial charge in [-0.25, -0.2) is 8.42 Å². The summed E-state index contributed by atoms with van der Waals surface area (Å²) in [7, 11) is -3.28. The number of carbonyl (C=O) groups excluding carboxylic acids is 1. The number of nitrogens with zero attached hydrogens (tertiary/aromatic N) is 1. The van der Waals surface area contributed by atoms with Crippen LogP contribution in [-0.4, -0.2) is 44.0 Å². The lowest BCUT2D eigenvalue weighted by atomic mass is 10.4. The molecule has 0 aliphatic heterocycles. The van der Waals surface area contributed by atoms with Gasteiger partial charge in [-0.15, -0.1) is 0 Å². The molecule has 0 aromatic heterocycles. The van der Waals surface area contributed by atoms with Crippen molar-refractivity contribution in [1.82, 2.24) is 9.62 Å². The van der Waals surface area contributed by atoms with Crippen LogP contribution in [0.15, 0.2) is 0 Å². The smallest absolute Gasteiger partial charge is 0.235 e. The van der Waals surface area contributed by atoms with Gasteiger partial charge in [0.2, 0.25) is 15.9 Å². The number of carbonyl (C=O) groups is 1. The molecule has 0 rings (SSSR count). The number of rotatable bonds is 9. The molecule has 0 aliphatic rings. The Bertz CT molecular complexity index is 315. The summed E-state index contributed by atoms with van der Waals surface area (Å²) >= 11 is 0. The molecule has 0 aromatic carbocycles. The molecule has 17 heavy (non-hydrogen) atoms. The summed E-state index contributed by atoms with van der Waals surface area (Å²) in [4.78, 5) is 11.5. The van der Waals surface area contributed by atoms with Crippen molar-refractivity contribution in [2.45, 2.75) is 40.0 Å². The average Bonchev–Trinajstić information content (AvgIpc) is 2.25. The van der Waals surface area contributed by atoms with E-state index in [2.05, 4.69) is 5.32 Å². The summed E-state index contributed by atoms with van der Waals surface area (Å²) in [5, 5.41) is 2.69. The van der Waals surface area contributed by atoms with Gasteiger partial charge in [-0.1, -0.05) is 20.8 Å². The zero-order valence-corrected chi connectivity index (χ0v) is 11.8. The highest BCUT2D eigenvalue weighted by molar-refractivity contribution is 7.89. The lowest BCUT2D eigenvalue weighted by molar-refractivity contribution is -0.121. The molecule has 1 amide bonds. The van der Waals surface area contributed by atoms with E-state index in [1.54, 1.807) is 0 Å². The van der Waals surface area contributed by atoms with Gasteiger partial charge in [-0.05, 0) is 19.3 Å². The topological polar surface area (TPSA) is 66.5 Å². The monoisotopic (exact) mass is 264 g/mol. The van der Waals surface area contributed by atoms with Crippen LogP contribution in [0.3, 0.4) is 0 Å². The number of amides is 1. The van der Waals surface area contributed by atoms with Gasteiger partial charge in [0.15, 0.2) is 0 Å². The number of hydrogen-bond acceptors (Lipinski definition) is 3. The van der Waals surface area contributed by atoms with Crippen molar-refractivity contribution in [2.24, 2.45) is 0 Å². The van der Waals surface area contributed by atoms with Gasteiger partial charge in [0.25, 0.3) is 0 Å². The highest BCUT2D eigenvalue weighted by atomic mass is 32.2. The van der Waals surface area contributed by atoms with Crippen LogP contribution in [0.5, 0.6) is 0 Å². The Kier molecular flexibility index (Phi) is 8.16. The Hall–Kier alpha value is -0.620. The van der Waals surface area contributed by atoms with Gasteiger partial charge in [0.1, 0.15) is 0 Å². The van der Waals surface area contributed by atoms with Crippen molar-refractivity contribution in [2.75, 3.05) is 25.4 Å². The van der Waals surface area contributed by atoms with Crippen LogP contribution in [0.1, 0.15) is 40.0 Å². The van der Waals surface area contributed by atoms with Crippen molar-refractivity contribution in [3.63, 3.8) is 0 Å². The lowest BCUT2D eigenvalue weighted by Crippen LogP contribution is -2.42.